The molecule has 0 fully saturated rings. The van der Waals surface area contributed by atoms with E-state index in [0.717, 1.165) is 19.3 Å². The first-order valence-corrected chi connectivity index (χ1v) is 9.63. The zero-order valence-corrected chi connectivity index (χ0v) is 15.4. The number of aryl methyl sites for hydroxylation is 2. The van der Waals surface area contributed by atoms with Crippen LogP contribution < -0.4 is 0 Å². The number of hydrogen-bond acceptors (Lipinski definition) is 1. The summed E-state index contributed by atoms with van der Waals surface area (Å²) in [6.45, 7) is 4.78. The van der Waals surface area contributed by atoms with Crippen molar-refractivity contribution in [3.63, 3.8) is 0 Å². The lowest BCUT2D eigenvalue weighted by Gasteiger charge is -2.43. The highest BCUT2D eigenvalue weighted by Gasteiger charge is 2.40. The van der Waals surface area contributed by atoms with Gasteiger partial charge in [-0.2, -0.15) is 0 Å². The van der Waals surface area contributed by atoms with E-state index in [4.69, 9.17) is 0 Å². The molecule has 2 aliphatic rings. The Morgan fingerprint density at radius 2 is 1.92 bits per heavy atom. The fourth-order valence-electron chi connectivity index (χ4n) is 5.02. The average Bonchev–Trinajstić information content (AvgIpc) is 2.97. The van der Waals surface area contributed by atoms with E-state index in [0.29, 0.717) is 6.54 Å². The summed E-state index contributed by atoms with van der Waals surface area (Å²) in [7, 11) is 0. The average molecular weight is 344 g/mol. The van der Waals surface area contributed by atoms with Crippen molar-refractivity contribution in [2.75, 3.05) is 0 Å². The van der Waals surface area contributed by atoms with Crippen LogP contribution in [0.2, 0.25) is 0 Å². The molecule has 3 heteroatoms. The SMILES string of the molecule is Cc1ccc2c(c1)c1c3n2CC(=O)N([C@@H](C)c2ccccc2)[C@@H]3CCC1. The Morgan fingerprint density at radius 3 is 2.73 bits per heavy atom. The van der Waals surface area contributed by atoms with Gasteiger partial charge in [-0.3, -0.25) is 4.79 Å². The molecular formula is C23H24N2O. The molecule has 132 valence electrons. The highest BCUT2D eigenvalue weighted by molar-refractivity contribution is 5.90. The first-order valence-electron chi connectivity index (χ1n) is 9.63. The van der Waals surface area contributed by atoms with Gasteiger partial charge in [0.15, 0.2) is 0 Å². The van der Waals surface area contributed by atoms with Crippen molar-refractivity contribution < 1.29 is 4.79 Å². The highest BCUT2D eigenvalue weighted by atomic mass is 16.2. The third kappa shape index (κ3) is 2.16. The Balaban J connectivity index is 1.68. The van der Waals surface area contributed by atoms with E-state index in [1.54, 1.807) is 0 Å². The molecule has 0 N–H and O–H groups in total. The maximum atomic E-state index is 13.2. The molecule has 5 rings (SSSR count). The van der Waals surface area contributed by atoms with Crippen LogP contribution in [0.25, 0.3) is 10.9 Å². The Labute approximate surface area is 154 Å². The molecule has 2 heterocycles. The van der Waals surface area contributed by atoms with Crippen molar-refractivity contribution in [1.29, 1.82) is 0 Å². The number of amides is 1. The Hall–Kier alpha value is -2.55. The summed E-state index contributed by atoms with van der Waals surface area (Å²) < 4.78 is 2.30. The lowest BCUT2D eigenvalue weighted by molar-refractivity contribution is -0.139. The summed E-state index contributed by atoms with van der Waals surface area (Å²) >= 11 is 0. The molecule has 1 amide bonds. The van der Waals surface area contributed by atoms with Crippen molar-refractivity contribution in [1.82, 2.24) is 9.47 Å². The van der Waals surface area contributed by atoms with Gasteiger partial charge in [-0.05, 0) is 56.4 Å². The van der Waals surface area contributed by atoms with E-state index in [1.807, 2.05) is 6.07 Å². The van der Waals surface area contributed by atoms with Crippen molar-refractivity contribution in [2.45, 2.75) is 51.7 Å². The first-order chi connectivity index (χ1) is 12.6. The second-order valence-electron chi connectivity index (χ2n) is 7.77. The fourth-order valence-corrected chi connectivity index (χ4v) is 5.02. The third-order valence-electron chi connectivity index (χ3n) is 6.20. The molecule has 3 nitrogen and oxygen atoms in total. The van der Waals surface area contributed by atoms with E-state index in [1.165, 1.54) is 33.3 Å². The largest absolute Gasteiger partial charge is 0.333 e. The molecule has 0 saturated carbocycles. The number of hydrogen-bond donors (Lipinski definition) is 0. The molecule has 0 radical (unpaired) electrons. The molecule has 0 saturated heterocycles. The number of nitrogens with zero attached hydrogens (tertiary/aromatic N) is 2. The molecule has 1 aliphatic carbocycles. The standard InChI is InChI=1S/C23H24N2O/c1-15-11-12-20-19(13-15)18-9-6-10-21-23(18)24(20)14-22(26)25(21)16(2)17-7-4-3-5-8-17/h3-5,7-8,11-13,16,21H,6,9-10,14H2,1-2H3/t16-,21+/m0/s1. The Morgan fingerprint density at radius 1 is 1.12 bits per heavy atom. The zero-order valence-electron chi connectivity index (χ0n) is 15.4. The number of aromatic nitrogens is 1. The van der Waals surface area contributed by atoms with Crippen LogP contribution in [0, 0.1) is 6.92 Å². The maximum absolute atomic E-state index is 13.2. The van der Waals surface area contributed by atoms with E-state index in [-0.39, 0.29) is 18.0 Å². The van der Waals surface area contributed by atoms with E-state index < -0.39 is 0 Å². The van der Waals surface area contributed by atoms with Crippen LogP contribution >= 0.6 is 0 Å². The quantitative estimate of drug-likeness (QED) is 0.647. The molecular weight excluding hydrogens is 320 g/mol. The van der Waals surface area contributed by atoms with Crippen LogP contribution in [0.5, 0.6) is 0 Å². The van der Waals surface area contributed by atoms with Crippen LogP contribution in [0.3, 0.4) is 0 Å². The molecule has 0 bridgehead atoms. The van der Waals surface area contributed by atoms with Gasteiger partial charge in [-0.15, -0.1) is 0 Å². The second-order valence-corrected chi connectivity index (χ2v) is 7.77. The van der Waals surface area contributed by atoms with E-state index in [2.05, 4.69) is 65.8 Å². The van der Waals surface area contributed by atoms with Gasteiger partial charge in [0, 0.05) is 16.6 Å². The lowest BCUT2D eigenvalue weighted by atomic mass is 9.88. The van der Waals surface area contributed by atoms with Crippen molar-refractivity contribution in [3.05, 3.63) is 70.9 Å². The fraction of sp³-hybridized carbons (Fsp3) is 0.348. The Bertz CT molecular complexity index is 1000. The molecule has 0 spiro atoms. The third-order valence-corrected chi connectivity index (χ3v) is 6.20. The molecule has 1 aromatic heterocycles. The summed E-state index contributed by atoms with van der Waals surface area (Å²) in [4.78, 5) is 15.3. The predicted octanol–water partition coefficient (Wildman–Crippen LogP) is 4.93. The van der Waals surface area contributed by atoms with Crippen LogP contribution in [0.15, 0.2) is 48.5 Å². The topological polar surface area (TPSA) is 25.2 Å². The van der Waals surface area contributed by atoms with Gasteiger partial charge in [0.25, 0.3) is 0 Å². The minimum absolute atomic E-state index is 0.105. The molecule has 1 aliphatic heterocycles. The van der Waals surface area contributed by atoms with Crippen LogP contribution in [-0.2, 0) is 17.8 Å². The first kappa shape index (κ1) is 15.7. The maximum Gasteiger partial charge on any atom is 0.243 e. The predicted molar refractivity (Wildman–Crippen MR) is 104 cm³/mol. The van der Waals surface area contributed by atoms with Crippen molar-refractivity contribution >= 4 is 16.8 Å². The van der Waals surface area contributed by atoms with Crippen molar-refractivity contribution in [3.8, 4) is 0 Å². The van der Waals surface area contributed by atoms with Gasteiger partial charge in [0.05, 0.1) is 12.1 Å². The van der Waals surface area contributed by atoms with Gasteiger partial charge in [-0.25, -0.2) is 0 Å². The van der Waals surface area contributed by atoms with Gasteiger partial charge >= 0.3 is 0 Å². The second kappa shape index (κ2) is 5.73. The summed E-state index contributed by atoms with van der Waals surface area (Å²) in [6.07, 6.45) is 3.34. The van der Waals surface area contributed by atoms with Gasteiger partial charge in [0.1, 0.15) is 6.54 Å². The van der Waals surface area contributed by atoms with Crippen molar-refractivity contribution in [2.24, 2.45) is 0 Å². The van der Waals surface area contributed by atoms with Crippen LogP contribution in [0.4, 0.5) is 0 Å². The number of benzene rings is 2. The number of carbonyl (C=O) groups is 1. The summed E-state index contributed by atoms with van der Waals surface area (Å²) in [6, 6.07) is 17.4. The van der Waals surface area contributed by atoms with E-state index in [9.17, 15) is 4.79 Å². The summed E-state index contributed by atoms with van der Waals surface area (Å²) in [5.41, 5.74) is 6.60. The van der Waals surface area contributed by atoms with Gasteiger partial charge in [0.2, 0.25) is 5.91 Å². The number of carbonyl (C=O) groups excluding carboxylic acids is 1. The highest BCUT2D eigenvalue weighted by Crippen LogP contribution is 2.45. The summed E-state index contributed by atoms with van der Waals surface area (Å²) in [5.74, 6) is 0.241. The minimum Gasteiger partial charge on any atom is -0.333 e. The monoisotopic (exact) mass is 344 g/mol. The lowest BCUT2D eigenvalue weighted by Crippen LogP contribution is -2.45. The zero-order chi connectivity index (χ0) is 17.8. The molecule has 3 aromatic rings. The van der Waals surface area contributed by atoms with Crippen LogP contribution in [-0.4, -0.2) is 15.4 Å². The minimum atomic E-state index is 0.105. The normalized spacial score (nSPS) is 20.3. The van der Waals surface area contributed by atoms with Gasteiger partial charge in [-0.1, -0.05) is 42.0 Å². The smallest absolute Gasteiger partial charge is 0.243 e. The molecule has 0 unspecified atom stereocenters. The molecule has 2 aromatic carbocycles. The van der Waals surface area contributed by atoms with Gasteiger partial charge < -0.3 is 9.47 Å². The van der Waals surface area contributed by atoms with E-state index >= 15 is 0 Å². The van der Waals surface area contributed by atoms with Crippen LogP contribution in [0.1, 0.15) is 54.2 Å². The number of rotatable bonds is 2. The molecule has 2 atom stereocenters. The summed E-state index contributed by atoms with van der Waals surface area (Å²) in [5, 5.41) is 1.35. The number of fused-ring (bicyclic) bond motifs is 3. The Kier molecular flexibility index (Phi) is 3.46. The molecule has 26 heavy (non-hydrogen) atoms.